The maximum atomic E-state index is 12.2. The second-order valence-electron chi connectivity index (χ2n) is 6.65. The van der Waals surface area contributed by atoms with E-state index < -0.39 is 22.7 Å². The molecular formula is C19H22N6O6. The zero-order valence-electron chi connectivity index (χ0n) is 17.0. The highest BCUT2D eigenvalue weighted by molar-refractivity contribution is 6.04. The number of non-ortho nitro benzene ring substituents is 1. The van der Waals surface area contributed by atoms with Crippen molar-refractivity contribution >= 4 is 23.8 Å². The van der Waals surface area contributed by atoms with Gasteiger partial charge < -0.3 is 14.7 Å². The predicted molar refractivity (Wildman–Crippen MR) is 110 cm³/mol. The quantitative estimate of drug-likeness (QED) is 0.107. The summed E-state index contributed by atoms with van der Waals surface area (Å²) in [5.41, 5.74) is 9.81. The lowest BCUT2D eigenvalue weighted by molar-refractivity contribution is -0.384. The number of nitro benzene ring substituents is 1. The van der Waals surface area contributed by atoms with E-state index in [0.29, 0.717) is 35.5 Å². The van der Waals surface area contributed by atoms with Crippen molar-refractivity contribution in [3.8, 4) is 0 Å². The second-order valence-corrected chi connectivity index (χ2v) is 6.65. The van der Waals surface area contributed by atoms with Crippen LogP contribution in [0.3, 0.4) is 0 Å². The zero-order chi connectivity index (χ0) is 23.0. The molecular weight excluding hydrogens is 408 g/mol. The lowest BCUT2D eigenvalue weighted by Gasteiger charge is -2.35. The van der Waals surface area contributed by atoms with E-state index in [1.807, 2.05) is 0 Å². The number of azide groups is 1. The Labute approximate surface area is 177 Å². The molecule has 0 fully saturated rings. The lowest BCUT2D eigenvalue weighted by Crippen LogP contribution is -2.39. The van der Waals surface area contributed by atoms with Gasteiger partial charge in [0.2, 0.25) is 6.41 Å². The Bertz CT molecular complexity index is 951. The predicted octanol–water partition coefficient (Wildman–Crippen LogP) is 2.87. The van der Waals surface area contributed by atoms with E-state index in [2.05, 4.69) is 15.0 Å². The van der Waals surface area contributed by atoms with Crippen LogP contribution < -0.4 is 0 Å². The Morgan fingerprint density at radius 1 is 1.45 bits per heavy atom. The van der Waals surface area contributed by atoms with Gasteiger partial charge in [-0.25, -0.2) is 0 Å². The third kappa shape index (κ3) is 5.44. The van der Waals surface area contributed by atoms with Crippen molar-refractivity contribution < 1.29 is 24.4 Å². The molecule has 0 saturated heterocycles. The summed E-state index contributed by atoms with van der Waals surface area (Å²) in [5, 5.41) is 24.3. The largest absolute Gasteiger partial charge is 0.481 e. The van der Waals surface area contributed by atoms with E-state index in [-0.39, 0.29) is 25.4 Å². The van der Waals surface area contributed by atoms with Crippen LogP contribution in [0, 0.1) is 16.0 Å². The minimum atomic E-state index is -1.12. The number of allylic oxidation sites excluding steroid dienone is 1. The van der Waals surface area contributed by atoms with Crippen molar-refractivity contribution in [1.82, 2.24) is 4.90 Å². The van der Waals surface area contributed by atoms with E-state index >= 15 is 0 Å². The summed E-state index contributed by atoms with van der Waals surface area (Å²) in [7, 11) is 1.48. The molecule has 164 valence electrons. The molecule has 1 aliphatic heterocycles. The van der Waals surface area contributed by atoms with Crippen molar-refractivity contribution in [3.63, 3.8) is 0 Å². The van der Waals surface area contributed by atoms with Crippen LogP contribution >= 0.6 is 0 Å². The second kappa shape index (κ2) is 10.9. The Balaban J connectivity index is 2.59. The maximum Gasteiger partial charge on any atom is 0.313 e. The summed E-state index contributed by atoms with van der Waals surface area (Å²) in [6.07, 6.45) is 0.889. The van der Waals surface area contributed by atoms with Gasteiger partial charge in [-0.2, -0.15) is 0 Å². The van der Waals surface area contributed by atoms with Gasteiger partial charge in [0.25, 0.3) is 5.69 Å². The fraction of sp³-hybridized carbons (Fsp3) is 0.421. The molecule has 1 amide bonds. The summed E-state index contributed by atoms with van der Waals surface area (Å²) in [5.74, 6) is -2.99. The molecule has 1 aromatic carbocycles. The van der Waals surface area contributed by atoms with Crippen LogP contribution in [0.15, 0.2) is 45.8 Å². The number of carbonyl (C=O) groups is 2. The first-order chi connectivity index (χ1) is 14.8. The Morgan fingerprint density at radius 2 is 2.13 bits per heavy atom. The van der Waals surface area contributed by atoms with Gasteiger partial charge in [0, 0.05) is 42.3 Å². The molecule has 12 nitrogen and oxygen atoms in total. The Morgan fingerprint density at radius 3 is 2.65 bits per heavy atom. The summed E-state index contributed by atoms with van der Waals surface area (Å²) in [6.45, 7) is 1.97. The number of likely N-dealkylation sites (N-methyl/N-ethyl adjacent to an activating group) is 1. The first-order valence-electron chi connectivity index (χ1n) is 9.40. The Kier molecular flexibility index (Phi) is 8.24. The molecule has 1 heterocycles. The standard InChI is InChI=1S/C19H22N6O6/c1-3-14-17(19(27)28)16(12-4-6-13(7-5-12)25(29)30)18(24(2)11-26)15(22-14)10-31-9-8-21-23-20/h4-7,11,16-17H,3,8-10H2,1-2H3,(H,27,28). The molecule has 0 aliphatic carbocycles. The number of benzene rings is 1. The smallest absolute Gasteiger partial charge is 0.313 e. The summed E-state index contributed by atoms with van der Waals surface area (Å²) in [4.78, 5) is 42.6. The van der Waals surface area contributed by atoms with Crippen LogP contribution in [0.5, 0.6) is 0 Å². The highest BCUT2D eigenvalue weighted by atomic mass is 16.6. The number of carbonyl (C=O) groups excluding carboxylic acids is 1. The number of nitrogens with zero attached hydrogens (tertiary/aromatic N) is 6. The molecule has 2 unspecified atom stereocenters. The fourth-order valence-corrected chi connectivity index (χ4v) is 3.47. The van der Waals surface area contributed by atoms with E-state index in [9.17, 15) is 24.8 Å². The molecule has 1 aromatic rings. The van der Waals surface area contributed by atoms with Gasteiger partial charge in [0.05, 0.1) is 29.5 Å². The van der Waals surface area contributed by atoms with Crippen LogP contribution in [-0.4, -0.2) is 59.8 Å². The number of amides is 1. The van der Waals surface area contributed by atoms with Gasteiger partial charge >= 0.3 is 5.97 Å². The average Bonchev–Trinajstić information content (AvgIpc) is 2.77. The number of nitro groups is 1. The Hall–Kier alpha value is -3.76. The molecule has 12 heteroatoms. The SMILES string of the molecule is CCC1=NC(COCCN=[N+]=[N-])=C(N(C)C=O)C(c2ccc([N+](=O)[O-])cc2)C1C(=O)O. The van der Waals surface area contributed by atoms with E-state index in [1.165, 1.54) is 36.2 Å². The molecule has 0 spiro atoms. The highest BCUT2D eigenvalue weighted by Gasteiger charge is 2.41. The minimum Gasteiger partial charge on any atom is -0.481 e. The first-order valence-corrected chi connectivity index (χ1v) is 9.40. The van der Waals surface area contributed by atoms with Gasteiger partial charge in [0.1, 0.15) is 5.92 Å². The van der Waals surface area contributed by atoms with Gasteiger partial charge in [-0.3, -0.25) is 24.7 Å². The van der Waals surface area contributed by atoms with Crippen molar-refractivity contribution in [1.29, 1.82) is 0 Å². The minimum absolute atomic E-state index is 0.0339. The van der Waals surface area contributed by atoms with Gasteiger partial charge in [-0.05, 0) is 17.5 Å². The van der Waals surface area contributed by atoms with Gasteiger partial charge in [0.15, 0.2) is 0 Å². The monoisotopic (exact) mass is 430 g/mol. The normalized spacial score (nSPS) is 18.1. The summed E-state index contributed by atoms with van der Waals surface area (Å²) < 4.78 is 5.51. The number of carboxylic acids is 1. The number of ether oxygens (including phenoxy) is 1. The first kappa shape index (κ1) is 23.5. The third-order valence-corrected chi connectivity index (χ3v) is 4.83. The van der Waals surface area contributed by atoms with Crippen LogP contribution in [0.2, 0.25) is 0 Å². The molecule has 0 radical (unpaired) electrons. The number of hydrogen-bond donors (Lipinski definition) is 1. The maximum absolute atomic E-state index is 12.2. The summed E-state index contributed by atoms with van der Waals surface area (Å²) >= 11 is 0. The van der Waals surface area contributed by atoms with E-state index in [0.717, 1.165) is 0 Å². The fourth-order valence-electron chi connectivity index (χ4n) is 3.47. The van der Waals surface area contributed by atoms with Crippen LogP contribution in [0.1, 0.15) is 24.8 Å². The van der Waals surface area contributed by atoms with Crippen molar-refractivity contribution in [2.45, 2.75) is 19.3 Å². The van der Waals surface area contributed by atoms with Gasteiger partial charge in [-0.1, -0.05) is 24.2 Å². The molecule has 0 bridgehead atoms. The number of carboxylic acid groups (broad SMARTS) is 1. The van der Waals surface area contributed by atoms with Crippen molar-refractivity contribution in [2.75, 3.05) is 26.8 Å². The number of aliphatic imine (C=N–C) groups is 1. The number of rotatable bonds is 11. The molecule has 1 N–H and O–H groups in total. The average molecular weight is 430 g/mol. The molecule has 31 heavy (non-hydrogen) atoms. The van der Waals surface area contributed by atoms with E-state index in [1.54, 1.807) is 6.92 Å². The number of hydrogen-bond acceptors (Lipinski definition) is 7. The lowest BCUT2D eigenvalue weighted by atomic mass is 9.77. The molecule has 2 atom stereocenters. The van der Waals surface area contributed by atoms with Crippen molar-refractivity contribution in [2.24, 2.45) is 16.0 Å². The molecule has 0 aromatic heterocycles. The van der Waals surface area contributed by atoms with Crippen LogP contribution in [-0.2, 0) is 14.3 Å². The molecule has 2 rings (SSSR count). The topological polar surface area (TPSA) is 171 Å². The van der Waals surface area contributed by atoms with Crippen LogP contribution in [0.4, 0.5) is 5.69 Å². The van der Waals surface area contributed by atoms with Crippen LogP contribution in [0.25, 0.3) is 10.4 Å². The zero-order valence-corrected chi connectivity index (χ0v) is 17.0. The van der Waals surface area contributed by atoms with Crippen molar-refractivity contribution in [3.05, 3.63) is 61.8 Å². The third-order valence-electron chi connectivity index (χ3n) is 4.83. The molecule has 0 saturated carbocycles. The van der Waals surface area contributed by atoms with E-state index in [4.69, 9.17) is 10.3 Å². The van der Waals surface area contributed by atoms with Gasteiger partial charge in [-0.15, -0.1) is 0 Å². The highest BCUT2D eigenvalue weighted by Crippen LogP contribution is 2.41. The molecule has 1 aliphatic rings. The number of aliphatic carboxylic acids is 1. The summed E-state index contributed by atoms with van der Waals surface area (Å²) in [6, 6.07) is 5.55.